The Morgan fingerprint density at radius 3 is 1.96 bits per heavy atom. The van der Waals surface area contributed by atoms with Crippen LogP contribution in [0.4, 0.5) is 4.79 Å². The van der Waals surface area contributed by atoms with Crippen LogP contribution in [0.5, 0.6) is 11.5 Å². The Kier molecular flexibility index (Phi) is 13.6. The molecule has 0 fully saturated rings. The van der Waals surface area contributed by atoms with E-state index in [1.807, 2.05) is 18.2 Å². The zero-order valence-corrected chi connectivity index (χ0v) is 33.1. The molecule has 45 heavy (non-hydrogen) atoms. The van der Waals surface area contributed by atoms with Crippen LogP contribution in [0, 0.1) is 5.92 Å². The highest BCUT2D eigenvalue weighted by Gasteiger charge is 2.41. The first kappa shape index (κ1) is 39.5. The Bertz CT molecular complexity index is 1240. The number of alkyl halides is 3. The topological polar surface area (TPSA) is 65.1 Å². The molecule has 1 atom stereocenters. The average molecular weight is 717 g/mol. The first-order valence-electron chi connectivity index (χ1n) is 15.5. The van der Waals surface area contributed by atoms with Gasteiger partial charge in [0.25, 0.3) is 0 Å². The van der Waals surface area contributed by atoms with Crippen molar-refractivity contribution < 1.29 is 23.2 Å². The van der Waals surface area contributed by atoms with Crippen molar-refractivity contribution in [1.82, 2.24) is 4.90 Å². The van der Waals surface area contributed by atoms with Crippen molar-refractivity contribution >= 4 is 69.4 Å². The molecule has 252 valence electrons. The van der Waals surface area contributed by atoms with Gasteiger partial charge in [0.2, 0.25) is 20.4 Å². The number of carbonyl (C=O) groups excluding carboxylic acids is 2. The summed E-state index contributed by atoms with van der Waals surface area (Å²) < 4.78 is 16.8. The van der Waals surface area contributed by atoms with Gasteiger partial charge in [-0.15, -0.1) is 0 Å². The molecule has 1 aliphatic rings. The monoisotopic (exact) mass is 715 g/mol. The van der Waals surface area contributed by atoms with Crippen LogP contribution < -0.4 is 8.85 Å². The van der Waals surface area contributed by atoms with Gasteiger partial charge in [-0.1, -0.05) is 108 Å². The molecule has 1 heterocycles. The summed E-state index contributed by atoms with van der Waals surface area (Å²) in [6.45, 7) is 24.1. The second kappa shape index (κ2) is 15.5. The van der Waals surface area contributed by atoms with Gasteiger partial charge in [0, 0.05) is 30.3 Å². The summed E-state index contributed by atoms with van der Waals surface area (Å²) in [5.41, 5.74) is 1.62. The van der Waals surface area contributed by atoms with E-state index >= 15 is 0 Å². The number of halogens is 3. The van der Waals surface area contributed by atoms with Crippen LogP contribution in [-0.4, -0.2) is 50.4 Å². The first-order valence-corrected chi connectivity index (χ1v) is 22.5. The molecule has 6 nitrogen and oxygen atoms in total. The van der Waals surface area contributed by atoms with Crippen LogP contribution in [0.25, 0.3) is 6.08 Å². The lowest BCUT2D eigenvalue weighted by molar-refractivity contribution is -0.118. The lowest BCUT2D eigenvalue weighted by Crippen LogP contribution is -2.44. The Hall–Kier alpha value is -1.72. The molecule has 1 aromatic carbocycles. The number of allylic oxidation sites excluding steroid dienone is 5. The number of amides is 1. The van der Waals surface area contributed by atoms with Crippen molar-refractivity contribution in [3.8, 4) is 11.5 Å². The zero-order valence-electron chi connectivity index (χ0n) is 28.9. The number of carbonyl (C=O) groups is 2. The maximum atomic E-state index is 12.7. The summed E-state index contributed by atoms with van der Waals surface area (Å²) in [5, 5.41) is 0.145. The van der Waals surface area contributed by atoms with Crippen molar-refractivity contribution in [2.24, 2.45) is 5.92 Å². The highest BCUT2D eigenvalue weighted by atomic mass is 35.6. The minimum absolute atomic E-state index is 0.00873. The van der Waals surface area contributed by atoms with E-state index in [9.17, 15) is 9.59 Å². The molecule has 0 saturated heterocycles. The van der Waals surface area contributed by atoms with Crippen LogP contribution >= 0.6 is 34.8 Å². The molecule has 0 aliphatic carbocycles. The van der Waals surface area contributed by atoms with E-state index in [1.165, 1.54) is 11.0 Å². The van der Waals surface area contributed by atoms with E-state index in [2.05, 4.69) is 92.0 Å². The molecule has 1 aliphatic heterocycles. The van der Waals surface area contributed by atoms with Gasteiger partial charge in [-0.3, -0.25) is 9.69 Å². The van der Waals surface area contributed by atoms with E-state index < -0.39 is 26.5 Å². The third kappa shape index (κ3) is 12.4. The molecule has 2 rings (SSSR count). The average Bonchev–Trinajstić information content (AvgIpc) is 2.86. The smallest absolute Gasteiger partial charge is 0.414 e. The third-order valence-electron chi connectivity index (χ3n) is 8.78. The molecule has 0 bridgehead atoms. The van der Waals surface area contributed by atoms with Crippen molar-refractivity contribution in [3.63, 3.8) is 0 Å². The molecule has 1 amide bonds. The number of nitrogens with zero attached hydrogens (tertiary/aromatic N) is 1. The Balaban J connectivity index is 2.13. The van der Waals surface area contributed by atoms with Gasteiger partial charge in [-0.25, -0.2) is 4.79 Å². The number of ether oxygens (including phenoxy) is 1. The minimum Gasteiger partial charge on any atom is -0.543 e. The van der Waals surface area contributed by atoms with Crippen LogP contribution in [0.2, 0.25) is 36.3 Å². The molecule has 11 heteroatoms. The number of unbranched alkanes of at least 4 members (excludes halogenated alkanes) is 1. The Labute approximate surface area is 288 Å². The number of ketones is 1. The molecule has 0 saturated carbocycles. The minimum atomic E-state index is -2.05. The maximum Gasteiger partial charge on any atom is 0.414 e. The van der Waals surface area contributed by atoms with Gasteiger partial charge >= 0.3 is 6.09 Å². The van der Waals surface area contributed by atoms with Gasteiger partial charge < -0.3 is 13.6 Å². The molecular weight excluding hydrogens is 665 g/mol. The second-order valence-electron chi connectivity index (χ2n) is 14.9. The van der Waals surface area contributed by atoms with Crippen LogP contribution in [0.3, 0.4) is 0 Å². The highest BCUT2D eigenvalue weighted by Crippen LogP contribution is 2.41. The number of hydrogen-bond donors (Lipinski definition) is 0. The van der Waals surface area contributed by atoms with Crippen molar-refractivity contribution in [2.75, 3.05) is 13.2 Å². The van der Waals surface area contributed by atoms with Gasteiger partial charge in [0.15, 0.2) is 5.78 Å². The summed E-state index contributed by atoms with van der Waals surface area (Å²) in [5.74, 6) is 1.34. The Morgan fingerprint density at radius 1 is 0.933 bits per heavy atom. The zero-order chi connectivity index (χ0) is 34.4. The fourth-order valence-electron chi connectivity index (χ4n) is 3.93. The molecule has 0 radical (unpaired) electrons. The predicted molar refractivity (Wildman–Crippen MR) is 195 cm³/mol. The largest absolute Gasteiger partial charge is 0.543 e. The van der Waals surface area contributed by atoms with Crippen molar-refractivity contribution in [1.29, 1.82) is 0 Å². The van der Waals surface area contributed by atoms with Crippen LogP contribution in [0.15, 0.2) is 48.2 Å². The molecule has 0 spiro atoms. The summed E-state index contributed by atoms with van der Waals surface area (Å²) in [6.07, 6.45) is 11.1. The molecule has 0 aromatic heterocycles. The van der Waals surface area contributed by atoms with E-state index in [-0.39, 0.29) is 34.9 Å². The lowest BCUT2D eigenvalue weighted by Gasteiger charge is -2.38. The number of rotatable bonds is 11. The normalized spacial score (nSPS) is 17.2. The van der Waals surface area contributed by atoms with Crippen molar-refractivity contribution in [3.05, 3.63) is 53.8 Å². The predicted octanol–water partition coefficient (Wildman–Crippen LogP) is 11.1. The van der Waals surface area contributed by atoms with E-state index in [1.54, 1.807) is 6.92 Å². The third-order valence-corrected chi connectivity index (χ3v) is 17.8. The van der Waals surface area contributed by atoms with Gasteiger partial charge in [-0.2, -0.15) is 0 Å². The van der Waals surface area contributed by atoms with E-state index in [4.69, 9.17) is 48.4 Å². The Morgan fingerprint density at radius 2 is 1.47 bits per heavy atom. The molecule has 1 aromatic rings. The standard InChI is InChI=1S/C34H52Cl3NO5Si2/c1-25-23-38(31(40)41-24-34(35,36)37)27(21-30(25)39)18-16-14-12-13-15-17-26-19-28(42-44(8,9)32(2,3)4)22-29(20-26)43-45(10,11)33(5,6)7/h12-13,15,17,19-22,25H,14,16,18,23-24H2,1-11H3/b13-12+,17-15+. The maximum absolute atomic E-state index is 12.7. The van der Waals surface area contributed by atoms with E-state index in [0.717, 1.165) is 29.9 Å². The van der Waals surface area contributed by atoms with Gasteiger partial charge in [0.1, 0.15) is 18.1 Å². The fourth-order valence-corrected chi connectivity index (χ4v) is 6.12. The number of benzene rings is 1. The summed E-state index contributed by atoms with van der Waals surface area (Å²) in [6, 6.07) is 6.19. The fraction of sp³-hybridized carbons (Fsp3) is 0.588. The number of hydrogen-bond acceptors (Lipinski definition) is 5. The summed E-state index contributed by atoms with van der Waals surface area (Å²) in [7, 11) is -4.09. The van der Waals surface area contributed by atoms with Crippen molar-refractivity contribution in [2.45, 2.75) is 108 Å². The SMILES string of the molecule is CC1CN(C(=O)OCC(Cl)(Cl)Cl)C(CCC/C=C/C=C/c2cc(O[Si](C)(C)C(C)(C)C)cc(O[Si](C)(C)C(C)(C)C)c2)=CC1=O. The summed E-state index contributed by atoms with van der Waals surface area (Å²) in [4.78, 5) is 26.5. The van der Waals surface area contributed by atoms with Crippen LogP contribution in [-0.2, 0) is 9.53 Å². The van der Waals surface area contributed by atoms with Gasteiger partial charge in [0.05, 0.1) is 0 Å². The highest BCUT2D eigenvalue weighted by molar-refractivity contribution is 6.75. The summed E-state index contributed by atoms with van der Waals surface area (Å²) >= 11 is 17.2. The second-order valence-corrected chi connectivity index (χ2v) is 26.8. The first-order chi connectivity index (χ1) is 20.4. The van der Waals surface area contributed by atoms with E-state index in [0.29, 0.717) is 12.1 Å². The molecule has 1 unspecified atom stereocenters. The quantitative estimate of drug-likeness (QED) is 0.0987. The van der Waals surface area contributed by atoms with Crippen LogP contribution in [0.1, 0.15) is 73.3 Å². The molecule has 0 N–H and O–H groups in total. The van der Waals surface area contributed by atoms with Gasteiger partial charge in [-0.05, 0) is 73.2 Å². The molecular formula is C34H52Cl3NO5Si2. The lowest BCUT2D eigenvalue weighted by atomic mass is 9.98.